The van der Waals surface area contributed by atoms with E-state index in [-0.39, 0.29) is 0 Å². The van der Waals surface area contributed by atoms with Crippen LogP contribution in [0.3, 0.4) is 0 Å². The second-order valence-electron chi connectivity index (χ2n) is 7.11. The maximum atomic E-state index is 2.42. The molecule has 1 aliphatic carbocycles. The van der Waals surface area contributed by atoms with Crippen molar-refractivity contribution in [3.8, 4) is 0 Å². The number of unbranched alkanes of at least 4 members (excludes halogenated alkanes) is 4. The van der Waals surface area contributed by atoms with Gasteiger partial charge in [-0.05, 0) is 30.6 Å². The molecule has 0 saturated heterocycles. The van der Waals surface area contributed by atoms with E-state index in [1.807, 2.05) is 0 Å². The van der Waals surface area contributed by atoms with E-state index in [2.05, 4.69) is 20.8 Å². The van der Waals surface area contributed by atoms with Crippen LogP contribution in [0.15, 0.2) is 0 Å². The van der Waals surface area contributed by atoms with Crippen molar-refractivity contribution in [1.82, 2.24) is 0 Å². The summed E-state index contributed by atoms with van der Waals surface area (Å²) >= 11 is 0. The van der Waals surface area contributed by atoms with E-state index >= 15 is 0 Å². The van der Waals surface area contributed by atoms with Crippen molar-refractivity contribution in [3.63, 3.8) is 0 Å². The molecule has 0 atom stereocenters. The van der Waals surface area contributed by atoms with Crippen LogP contribution < -0.4 is 0 Å². The summed E-state index contributed by atoms with van der Waals surface area (Å²) in [5.74, 6) is 0.899. The summed E-state index contributed by atoms with van der Waals surface area (Å²) in [5, 5.41) is 0. The number of hydrogen-bond acceptors (Lipinski definition) is 0. The summed E-state index contributed by atoms with van der Waals surface area (Å²) in [7, 11) is 0. The highest BCUT2D eigenvalue weighted by atomic mass is 14.3. The highest BCUT2D eigenvalue weighted by Gasteiger charge is 2.29. The molecule has 0 aliphatic heterocycles. The molecule has 0 amide bonds. The summed E-state index contributed by atoms with van der Waals surface area (Å²) in [4.78, 5) is 0. The predicted octanol–water partition coefficient (Wildman–Crippen LogP) is 6.73. The Hall–Kier alpha value is 0. The molecule has 0 heteroatoms. The predicted molar refractivity (Wildman–Crippen MR) is 83.0 cm³/mol. The molecule has 0 aromatic rings. The van der Waals surface area contributed by atoms with Gasteiger partial charge in [0, 0.05) is 0 Å². The van der Waals surface area contributed by atoms with Crippen LogP contribution in [-0.2, 0) is 0 Å². The van der Waals surface area contributed by atoms with Gasteiger partial charge in [0.15, 0.2) is 0 Å². The summed E-state index contributed by atoms with van der Waals surface area (Å²) in [5.41, 5.74) is 0.760. The second kappa shape index (κ2) is 8.99. The summed E-state index contributed by atoms with van der Waals surface area (Å²) < 4.78 is 0. The van der Waals surface area contributed by atoms with Crippen molar-refractivity contribution in [1.29, 1.82) is 0 Å². The van der Waals surface area contributed by atoms with Gasteiger partial charge in [0.2, 0.25) is 0 Å². The fourth-order valence-corrected chi connectivity index (χ4v) is 3.67. The van der Waals surface area contributed by atoms with Gasteiger partial charge in [0.05, 0.1) is 0 Å². The molecule has 1 aliphatic rings. The standard InChI is InChI=1S/C18H36/c1-4-18(15-11-8-12-16-18)14-10-7-5-6-9-13-17(2)3/h17H,4-16H2,1-3H3. The molecule has 18 heavy (non-hydrogen) atoms. The fraction of sp³-hybridized carbons (Fsp3) is 1.00. The lowest BCUT2D eigenvalue weighted by atomic mass is 9.69. The van der Waals surface area contributed by atoms with Gasteiger partial charge in [-0.2, -0.15) is 0 Å². The number of hydrogen-bond donors (Lipinski definition) is 0. The summed E-state index contributed by atoms with van der Waals surface area (Å²) in [6.07, 6.45) is 19.3. The molecule has 0 spiro atoms. The quantitative estimate of drug-likeness (QED) is 0.399. The molecule has 0 bridgehead atoms. The van der Waals surface area contributed by atoms with E-state index in [0.717, 1.165) is 11.3 Å². The van der Waals surface area contributed by atoms with E-state index in [4.69, 9.17) is 0 Å². The van der Waals surface area contributed by atoms with Crippen LogP contribution in [0.1, 0.15) is 104 Å². The van der Waals surface area contributed by atoms with Crippen LogP contribution in [0.2, 0.25) is 0 Å². The normalized spacial score (nSPS) is 19.3. The van der Waals surface area contributed by atoms with Gasteiger partial charge in [-0.3, -0.25) is 0 Å². The molecule has 0 heterocycles. The molecule has 1 rings (SSSR count). The third-order valence-electron chi connectivity index (χ3n) is 5.15. The minimum atomic E-state index is 0.760. The molecule has 0 aromatic carbocycles. The first-order chi connectivity index (χ1) is 8.68. The van der Waals surface area contributed by atoms with Crippen LogP contribution in [0.5, 0.6) is 0 Å². The third kappa shape index (κ3) is 6.25. The monoisotopic (exact) mass is 252 g/mol. The van der Waals surface area contributed by atoms with Gasteiger partial charge in [-0.25, -0.2) is 0 Å². The molecule has 108 valence electrons. The highest BCUT2D eigenvalue weighted by molar-refractivity contribution is 4.81. The van der Waals surface area contributed by atoms with Gasteiger partial charge in [-0.1, -0.05) is 85.0 Å². The first-order valence-electron chi connectivity index (χ1n) is 8.68. The molecule has 0 radical (unpaired) electrons. The van der Waals surface area contributed by atoms with Crippen LogP contribution >= 0.6 is 0 Å². The summed E-state index contributed by atoms with van der Waals surface area (Å²) in [6.45, 7) is 7.11. The zero-order valence-corrected chi connectivity index (χ0v) is 13.3. The Morgan fingerprint density at radius 1 is 0.833 bits per heavy atom. The Labute approximate surface area is 116 Å². The minimum Gasteiger partial charge on any atom is -0.0649 e. The molecular weight excluding hydrogens is 216 g/mol. The largest absolute Gasteiger partial charge is 0.0649 e. The van der Waals surface area contributed by atoms with E-state index in [9.17, 15) is 0 Å². The van der Waals surface area contributed by atoms with Crippen molar-refractivity contribution < 1.29 is 0 Å². The lowest BCUT2D eigenvalue weighted by Crippen LogP contribution is -2.23. The lowest BCUT2D eigenvalue weighted by Gasteiger charge is -2.36. The first-order valence-corrected chi connectivity index (χ1v) is 8.68. The van der Waals surface area contributed by atoms with E-state index in [0.29, 0.717) is 0 Å². The second-order valence-corrected chi connectivity index (χ2v) is 7.11. The van der Waals surface area contributed by atoms with Crippen LogP contribution in [0.25, 0.3) is 0 Å². The Kier molecular flexibility index (Phi) is 8.02. The van der Waals surface area contributed by atoms with Crippen molar-refractivity contribution in [2.24, 2.45) is 11.3 Å². The maximum absolute atomic E-state index is 2.42. The zero-order chi connectivity index (χ0) is 13.3. The molecule has 1 fully saturated rings. The molecule has 1 saturated carbocycles. The van der Waals surface area contributed by atoms with Crippen molar-refractivity contribution in [2.75, 3.05) is 0 Å². The average molecular weight is 252 g/mol. The number of rotatable bonds is 9. The molecular formula is C18H36. The topological polar surface area (TPSA) is 0 Å². The highest BCUT2D eigenvalue weighted by Crippen LogP contribution is 2.43. The van der Waals surface area contributed by atoms with Crippen molar-refractivity contribution in [2.45, 2.75) is 104 Å². The Bertz CT molecular complexity index is 186. The lowest BCUT2D eigenvalue weighted by molar-refractivity contribution is 0.159. The Morgan fingerprint density at radius 3 is 2.06 bits per heavy atom. The van der Waals surface area contributed by atoms with Crippen LogP contribution in [0, 0.1) is 11.3 Å². The van der Waals surface area contributed by atoms with Gasteiger partial charge >= 0.3 is 0 Å². The van der Waals surface area contributed by atoms with Crippen LogP contribution in [0.4, 0.5) is 0 Å². The van der Waals surface area contributed by atoms with Crippen molar-refractivity contribution >= 4 is 0 Å². The molecule has 0 N–H and O–H groups in total. The molecule has 0 aromatic heterocycles. The molecule has 0 nitrogen and oxygen atoms in total. The minimum absolute atomic E-state index is 0.760. The van der Waals surface area contributed by atoms with Gasteiger partial charge in [0.1, 0.15) is 0 Å². The average Bonchev–Trinajstić information content (AvgIpc) is 2.38. The molecule has 0 unspecified atom stereocenters. The van der Waals surface area contributed by atoms with Crippen molar-refractivity contribution in [3.05, 3.63) is 0 Å². The van der Waals surface area contributed by atoms with E-state index in [1.165, 1.54) is 83.5 Å². The van der Waals surface area contributed by atoms with E-state index < -0.39 is 0 Å². The Morgan fingerprint density at radius 2 is 1.44 bits per heavy atom. The maximum Gasteiger partial charge on any atom is -0.0300 e. The first kappa shape index (κ1) is 16.1. The zero-order valence-electron chi connectivity index (χ0n) is 13.3. The third-order valence-corrected chi connectivity index (χ3v) is 5.15. The van der Waals surface area contributed by atoms with Gasteiger partial charge in [-0.15, -0.1) is 0 Å². The summed E-state index contributed by atoms with van der Waals surface area (Å²) in [6, 6.07) is 0. The fourth-order valence-electron chi connectivity index (χ4n) is 3.67. The van der Waals surface area contributed by atoms with Crippen LogP contribution in [-0.4, -0.2) is 0 Å². The van der Waals surface area contributed by atoms with E-state index in [1.54, 1.807) is 0 Å². The SMILES string of the molecule is CCC1(CCCCCCCC(C)C)CCCCC1. The smallest absolute Gasteiger partial charge is 0.0300 e. The van der Waals surface area contributed by atoms with Gasteiger partial charge in [0.25, 0.3) is 0 Å². The Balaban J connectivity index is 2.02. The van der Waals surface area contributed by atoms with Gasteiger partial charge < -0.3 is 0 Å².